The number of fused-ring (bicyclic) bond motifs is 2. The van der Waals surface area contributed by atoms with E-state index in [0.29, 0.717) is 27.8 Å². The lowest BCUT2D eigenvalue weighted by Gasteiger charge is -2.10. The predicted octanol–water partition coefficient (Wildman–Crippen LogP) is 5.39. The van der Waals surface area contributed by atoms with Gasteiger partial charge in [-0.1, -0.05) is 30.3 Å². The highest BCUT2D eigenvalue weighted by atomic mass is 16.6. The van der Waals surface area contributed by atoms with Gasteiger partial charge in [0, 0.05) is 17.0 Å². The van der Waals surface area contributed by atoms with Crippen molar-refractivity contribution in [3.05, 3.63) is 98.8 Å². The van der Waals surface area contributed by atoms with Crippen molar-refractivity contribution >= 4 is 33.8 Å². The minimum atomic E-state index is -0.515. The molecule has 0 N–H and O–H groups in total. The van der Waals surface area contributed by atoms with Crippen LogP contribution in [0.5, 0.6) is 5.75 Å². The van der Waals surface area contributed by atoms with E-state index in [1.54, 1.807) is 50.2 Å². The zero-order valence-corrected chi connectivity index (χ0v) is 18.9. The standard InChI is InChI=1S/C26H20N4O5/c1-16(2)34-23-12-11-17(13-21(23)30(32)33)15-27-29-25(24-14-18-7-3-6-10-22(18)35-24)28-20-9-5-4-8-19(20)26(29)31/h3-16H,1-2H3. The van der Waals surface area contributed by atoms with Gasteiger partial charge in [0.1, 0.15) is 5.58 Å². The summed E-state index contributed by atoms with van der Waals surface area (Å²) in [5.74, 6) is 0.753. The number of ether oxygens (including phenoxy) is 1. The normalized spacial score (nSPS) is 11.6. The van der Waals surface area contributed by atoms with Gasteiger partial charge in [-0.05, 0) is 50.2 Å². The van der Waals surface area contributed by atoms with Crippen molar-refractivity contribution in [3.63, 3.8) is 0 Å². The number of para-hydroxylation sites is 2. The maximum absolute atomic E-state index is 13.3. The molecular weight excluding hydrogens is 448 g/mol. The van der Waals surface area contributed by atoms with Crippen molar-refractivity contribution in [2.24, 2.45) is 5.10 Å². The van der Waals surface area contributed by atoms with Crippen LogP contribution < -0.4 is 10.3 Å². The first-order chi connectivity index (χ1) is 16.9. The number of nitrogens with zero attached hydrogens (tertiary/aromatic N) is 4. The molecule has 3 aromatic carbocycles. The summed E-state index contributed by atoms with van der Waals surface area (Å²) >= 11 is 0. The number of nitro benzene ring substituents is 1. The number of hydrogen-bond acceptors (Lipinski definition) is 7. The first kappa shape index (κ1) is 22.0. The van der Waals surface area contributed by atoms with Crippen LogP contribution in [0.1, 0.15) is 19.4 Å². The Hall–Kier alpha value is -4.79. The molecule has 0 saturated heterocycles. The van der Waals surface area contributed by atoms with Crippen molar-refractivity contribution in [1.82, 2.24) is 9.66 Å². The van der Waals surface area contributed by atoms with Crippen LogP contribution in [0, 0.1) is 10.1 Å². The number of furan rings is 1. The predicted molar refractivity (Wildman–Crippen MR) is 133 cm³/mol. The zero-order valence-electron chi connectivity index (χ0n) is 18.9. The number of nitro groups is 1. The molecule has 0 unspecified atom stereocenters. The smallest absolute Gasteiger partial charge is 0.311 e. The summed E-state index contributed by atoms with van der Waals surface area (Å²) in [5, 5.41) is 17.2. The first-order valence-electron chi connectivity index (χ1n) is 10.9. The molecule has 0 aliphatic heterocycles. The Morgan fingerprint density at radius 1 is 1.09 bits per heavy atom. The van der Waals surface area contributed by atoms with E-state index in [9.17, 15) is 14.9 Å². The van der Waals surface area contributed by atoms with E-state index in [4.69, 9.17) is 9.15 Å². The molecule has 35 heavy (non-hydrogen) atoms. The average molecular weight is 468 g/mol. The van der Waals surface area contributed by atoms with E-state index < -0.39 is 10.5 Å². The van der Waals surface area contributed by atoms with Gasteiger partial charge in [-0.3, -0.25) is 14.9 Å². The fraction of sp³-hybridized carbons (Fsp3) is 0.115. The van der Waals surface area contributed by atoms with Crippen LogP contribution in [-0.2, 0) is 0 Å². The summed E-state index contributed by atoms with van der Waals surface area (Å²) in [6.07, 6.45) is 1.15. The second-order valence-electron chi connectivity index (χ2n) is 8.11. The van der Waals surface area contributed by atoms with Crippen molar-refractivity contribution in [2.75, 3.05) is 0 Å². The molecule has 0 saturated carbocycles. The lowest BCUT2D eigenvalue weighted by atomic mass is 10.2. The van der Waals surface area contributed by atoms with Gasteiger partial charge in [0.05, 0.1) is 28.1 Å². The fourth-order valence-corrected chi connectivity index (χ4v) is 3.72. The first-order valence-corrected chi connectivity index (χ1v) is 10.9. The average Bonchev–Trinajstić information content (AvgIpc) is 3.28. The highest BCUT2D eigenvalue weighted by molar-refractivity contribution is 5.85. The summed E-state index contributed by atoms with van der Waals surface area (Å²) in [7, 11) is 0. The van der Waals surface area contributed by atoms with Gasteiger partial charge < -0.3 is 9.15 Å². The molecule has 0 aliphatic carbocycles. The molecule has 0 aliphatic rings. The fourth-order valence-electron chi connectivity index (χ4n) is 3.72. The van der Waals surface area contributed by atoms with Gasteiger partial charge in [0.2, 0.25) is 5.82 Å². The molecular formula is C26H20N4O5. The van der Waals surface area contributed by atoms with Crippen molar-refractivity contribution in [3.8, 4) is 17.3 Å². The largest absolute Gasteiger partial charge is 0.484 e. The summed E-state index contributed by atoms with van der Waals surface area (Å²) in [6, 6.07) is 20.7. The molecule has 0 atom stereocenters. The summed E-state index contributed by atoms with van der Waals surface area (Å²) < 4.78 is 12.6. The van der Waals surface area contributed by atoms with Crippen molar-refractivity contribution < 1.29 is 14.1 Å². The highest BCUT2D eigenvalue weighted by Gasteiger charge is 2.18. The molecule has 0 fully saturated rings. The topological polar surface area (TPSA) is 113 Å². The quantitative estimate of drug-likeness (QED) is 0.188. The monoisotopic (exact) mass is 468 g/mol. The van der Waals surface area contributed by atoms with Gasteiger partial charge in [-0.25, -0.2) is 4.98 Å². The van der Waals surface area contributed by atoms with Crippen LogP contribution in [0.2, 0.25) is 0 Å². The Kier molecular flexibility index (Phi) is 5.58. The maximum atomic E-state index is 13.3. The molecule has 5 aromatic rings. The second-order valence-corrected chi connectivity index (χ2v) is 8.11. The third kappa shape index (κ3) is 4.26. The third-order valence-corrected chi connectivity index (χ3v) is 5.26. The van der Waals surface area contributed by atoms with Crippen LogP contribution in [0.15, 0.2) is 87.1 Å². The Balaban J connectivity index is 1.65. The zero-order chi connectivity index (χ0) is 24.5. The van der Waals surface area contributed by atoms with Gasteiger partial charge in [-0.2, -0.15) is 9.78 Å². The number of aromatic nitrogens is 2. The summed E-state index contributed by atoms with van der Waals surface area (Å²) in [6.45, 7) is 3.58. The SMILES string of the molecule is CC(C)Oc1ccc(C=Nn2c(-c3cc4ccccc4o3)nc3ccccc3c2=O)cc1[N+](=O)[O-]. The van der Waals surface area contributed by atoms with E-state index in [1.165, 1.54) is 18.3 Å². The lowest BCUT2D eigenvalue weighted by Crippen LogP contribution is -2.20. The van der Waals surface area contributed by atoms with E-state index in [0.717, 1.165) is 10.1 Å². The van der Waals surface area contributed by atoms with E-state index in [-0.39, 0.29) is 23.4 Å². The van der Waals surface area contributed by atoms with Crippen LogP contribution in [0.25, 0.3) is 33.5 Å². The maximum Gasteiger partial charge on any atom is 0.311 e. The molecule has 174 valence electrons. The van der Waals surface area contributed by atoms with E-state index >= 15 is 0 Å². The Labute approximate surface area is 199 Å². The van der Waals surface area contributed by atoms with Gasteiger partial charge in [0.15, 0.2) is 11.5 Å². The van der Waals surface area contributed by atoms with Crippen LogP contribution >= 0.6 is 0 Å². The van der Waals surface area contributed by atoms with Crippen molar-refractivity contribution in [2.45, 2.75) is 20.0 Å². The third-order valence-electron chi connectivity index (χ3n) is 5.26. The molecule has 0 radical (unpaired) electrons. The van der Waals surface area contributed by atoms with Crippen LogP contribution in [-0.4, -0.2) is 26.9 Å². The minimum absolute atomic E-state index is 0.162. The molecule has 9 nitrogen and oxygen atoms in total. The summed E-state index contributed by atoms with van der Waals surface area (Å²) in [4.78, 5) is 29.0. The Morgan fingerprint density at radius 2 is 1.86 bits per heavy atom. The molecule has 9 heteroatoms. The molecule has 2 aromatic heterocycles. The number of rotatable bonds is 6. The van der Waals surface area contributed by atoms with Crippen molar-refractivity contribution in [1.29, 1.82) is 0 Å². The van der Waals surface area contributed by atoms with E-state index in [1.807, 2.05) is 24.3 Å². The second kappa shape index (κ2) is 8.86. The van der Waals surface area contributed by atoms with E-state index in [2.05, 4.69) is 10.1 Å². The number of hydrogen-bond donors (Lipinski definition) is 0. The molecule has 2 heterocycles. The lowest BCUT2D eigenvalue weighted by molar-refractivity contribution is -0.386. The van der Waals surface area contributed by atoms with Crippen LogP contribution in [0.3, 0.4) is 0 Å². The Morgan fingerprint density at radius 3 is 2.63 bits per heavy atom. The highest BCUT2D eigenvalue weighted by Crippen LogP contribution is 2.29. The van der Waals surface area contributed by atoms with Crippen LogP contribution in [0.4, 0.5) is 5.69 Å². The minimum Gasteiger partial charge on any atom is -0.484 e. The number of benzene rings is 3. The molecule has 0 spiro atoms. The molecule has 0 bridgehead atoms. The van der Waals surface area contributed by atoms with Gasteiger partial charge >= 0.3 is 5.69 Å². The molecule has 0 amide bonds. The Bertz CT molecular complexity index is 1630. The summed E-state index contributed by atoms with van der Waals surface area (Å²) in [5.41, 5.74) is 0.992. The molecule has 5 rings (SSSR count). The van der Waals surface area contributed by atoms with Gasteiger partial charge in [-0.15, -0.1) is 0 Å². The van der Waals surface area contributed by atoms with Gasteiger partial charge in [0.25, 0.3) is 5.56 Å².